The smallest absolute Gasteiger partial charge is 0.272 e. The minimum absolute atomic E-state index is 0.0919. The van der Waals surface area contributed by atoms with Gasteiger partial charge in [0.1, 0.15) is 17.2 Å². The van der Waals surface area contributed by atoms with E-state index < -0.39 is 17.1 Å². The van der Waals surface area contributed by atoms with Gasteiger partial charge in [0, 0.05) is 40.0 Å². The molecule has 0 bridgehead atoms. The number of thioether (sulfide) groups is 1. The van der Waals surface area contributed by atoms with Crippen LogP contribution in [0.4, 0.5) is 11.4 Å². The molecule has 1 unspecified atom stereocenters. The molecule has 48 heavy (non-hydrogen) atoms. The summed E-state index contributed by atoms with van der Waals surface area (Å²) in [5.74, 6) is 0.0772. The van der Waals surface area contributed by atoms with Gasteiger partial charge < -0.3 is 25.4 Å². The van der Waals surface area contributed by atoms with Crippen molar-refractivity contribution in [2.75, 3.05) is 24.9 Å². The van der Waals surface area contributed by atoms with Crippen LogP contribution >= 0.6 is 11.8 Å². The highest BCUT2D eigenvalue weighted by Crippen LogP contribution is 2.29. The molecule has 0 aromatic heterocycles. The van der Waals surface area contributed by atoms with E-state index in [0.717, 1.165) is 21.6 Å². The molecule has 0 radical (unpaired) electrons. The highest BCUT2D eigenvalue weighted by molar-refractivity contribution is 8.00. The Balaban J connectivity index is 1.27. The minimum atomic E-state index is -0.478. The second kappa shape index (κ2) is 16.2. The topological polar surface area (TPSA) is 106 Å². The normalized spacial score (nSPS) is 11.6. The number of carbonyl (C=O) groups excluding carboxylic acids is 3. The molecule has 5 aromatic rings. The molecule has 242 valence electrons. The predicted molar refractivity (Wildman–Crippen MR) is 192 cm³/mol. The van der Waals surface area contributed by atoms with Crippen LogP contribution in [0, 0.1) is 0 Å². The summed E-state index contributed by atoms with van der Waals surface area (Å²) >= 11 is 1.38. The van der Waals surface area contributed by atoms with E-state index in [1.54, 1.807) is 74.9 Å². The number of ether oxygens (including phenoxy) is 2. The molecule has 0 aliphatic rings. The third-order valence-electron chi connectivity index (χ3n) is 7.27. The fourth-order valence-corrected chi connectivity index (χ4v) is 5.58. The zero-order valence-electron chi connectivity index (χ0n) is 26.7. The standard InChI is InChI=1S/C39H35N3O5S/c1-26(37(43)41-32-23-33(46-2)25-34(24-32)47-3)48-35-20-18-31(19-21-35)40-39(45)36(42-38(44)30-12-8-5-9-13-30)22-27-14-16-29(17-15-27)28-10-6-4-7-11-28/h4-26H,1-3H3,(H,40,45)(H,41,43)(H,42,44)/b36-22-. The van der Waals surface area contributed by atoms with Gasteiger partial charge in [-0.25, -0.2) is 0 Å². The second-order valence-corrected chi connectivity index (χ2v) is 12.1. The number of hydrogen-bond acceptors (Lipinski definition) is 6. The quantitative estimate of drug-likeness (QED) is 0.0931. The average Bonchev–Trinajstić information content (AvgIpc) is 3.12. The Morgan fingerprint density at radius 3 is 1.85 bits per heavy atom. The van der Waals surface area contributed by atoms with E-state index in [1.807, 2.05) is 79.7 Å². The maximum Gasteiger partial charge on any atom is 0.272 e. The molecule has 1 atom stereocenters. The van der Waals surface area contributed by atoms with Gasteiger partial charge in [-0.1, -0.05) is 72.8 Å². The molecule has 0 spiro atoms. The number of rotatable bonds is 12. The van der Waals surface area contributed by atoms with Gasteiger partial charge in [0.15, 0.2) is 0 Å². The summed E-state index contributed by atoms with van der Waals surface area (Å²) in [6, 6.07) is 38.8. The molecule has 3 amide bonds. The molecule has 9 heteroatoms. The van der Waals surface area contributed by atoms with Crippen LogP contribution in [-0.4, -0.2) is 37.2 Å². The number of nitrogens with one attached hydrogen (secondary N) is 3. The molecule has 0 aliphatic heterocycles. The molecule has 5 rings (SSSR count). The van der Waals surface area contributed by atoms with Crippen molar-refractivity contribution < 1.29 is 23.9 Å². The fraction of sp³-hybridized carbons (Fsp3) is 0.103. The van der Waals surface area contributed by atoms with Crippen LogP contribution < -0.4 is 25.4 Å². The van der Waals surface area contributed by atoms with Gasteiger partial charge in [0.2, 0.25) is 5.91 Å². The highest BCUT2D eigenvalue weighted by Gasteiger charge is 2.18. The van der Waals surface area contributed by atoms with Crippen LogP contribution in [0.3, 0.4) is 0 Å². The zero-order chi connectivity index (χ0) is 33.9. The van der Waals surface area contributed by atoms with Gasteiger partial charge in [0.25, 0.3) is 11.8 Å². The van der Waals surface area contributed by atoms with Gasteiger partial charge in [-0.2, -0.15) is 0 Å². The number of methoxy groups -OCH3 is 2. The SMILES string of the molecule is COc1cc(NC(=O)C(C)Sc2ccc(NC(=O)/C(=C/c3ccc(-c4ccccc4)cc3)NC(=O)c3ccccc3)cc2)cc(OC)c1. The lowest BCUT2D eigenvalue weighted by Gasteiger charge is -2.14. The summed E-state index contributed by atoms with van der Waals surface area (Å²) < 4.78 is 10.6. The predicted octanol–water partition coefficient (Wildman–Crippen LogP) is 7.90. The largest absolute Gasteiger partial charge is 0.497 e. The lowest BCUT2D eigenvalue weighted by molar-refractivity contribution is -0.115. The van der Waals surface area contributed by atoms with Gasteiger partial charge in [-0.3, -0.25) is 14.4 Å². The van der Waals surface area contributed by atoms with E-state index in [2.05, 4.69) is 16.0 Å². The van der Waals surface area contributed by atoms with Crippen molar-refractivity contribution in [1.82, 2.24) is 5.32 Å². The van der Waals surface area contributed by atoms with Crippen molar-refractivity contribution in [3.8, 4) is 22.6 Å². The highest BCUT2D eigenvalue weighted by atomic mass is 32.2. The summed E-state index contributed by atoms with van der Waals surface area (Å²) in [6.45, 7) is 1.81. The van der Waals surface area contributed by atoms with Crippen molar-refractivity contribution in [3.63, 3.8) is 0 Å². The maximum absolute atomic E-state index is 13.5. The molecule has 0 saturated carbocycles. The van der Waals surface area contributed by atoms with Gasteiger partial charge in [0.05, 0.1) is 19.5 Å². The zero-order valence-corrected chi connectivity index (χ0v) is 27.5. The van der Waals surface area contributed by atoms with Crippen molar-refractivity contribution in [1.29, 1.82) is 0 Å². The fourth-order valence-electron chi connectivity index (χ4n) is 4.71. The molecule has 0 heterocycles. The van der Waals surface area contributed by atoms with Gasteiger partial charge >= 0.3 is 0 Å². The number of anilines is 2. The third kappa shape index (κ3) is 9.14. The minimum Gasteiger partial charge on any atom is -0.497 e. The first-order valence-corrected chi connectivity index (χ1v) is 16.0. The van der Waals surface area contributed by atoms with Crippen LogP contribution in [0.25, 0.3) is 17.2 Å². The lowest BCUT2D eigenvalue weighted by atomic mass is 10.0. The number of hydrogen-bond donors (Lipinski definition) is 3. The molecule has 0 fully saturated rings. The molecule has 5 aromatic carbocycles. The lowest BCUT2D eigenvalue weighted by Crippen LogP contribution is -2.30. The molecule has 0 saturated heterocycles. The average molecular weight is 658 g/mol. The van der Waals surface area contributed by atoms with Crippen LogP contribution in [0.15, 0.2) is 138 Å². The van der Waals surface area contributed by atoms with E-state index >= 15 is 0 Å². The van der Waals surface area contributed by atoms with Gasteiger partial charge in [-0.15, -0.1) is 11.8 Å². The van der Waals surface area contributed by atoms with E-state index in [-0.39, 0.29) is 11.6 Å². The maximum atomic E-state index is 13.5. The van der Waals surface area contributed by atoms with E-state index in [9.17, 15) is 14.4 Å². The van der Waals surface area contributed by atoms with Gasteiger partial charge in [-0.05, 0) is 66.1 Å². The Bertz CT molecular complexity index is 1870. The Morgan fingerprint density at radius 2 is 1.25 bits per heavy atom. The molecule has 8 nitrogen and oxygen atoms in total. The molecular weight excluding hydrogens is 623 g/mol. The summed E-state index contributed by atoms with van der Waals surface area (Å²) in [5.41, 5.74) is 4.49. The number of benzene rings is 5. The summed E-state index contributed by atoms with van der Waals surface area (Å²) in [6.07, 6.45) is 1.65. The second-order valence-electron chi connectivity index (χ2n) is 10.7. The van der Waals surface area contributed by atoms with E-state index in [1.165, 1.54) is 11.8 Å². The Labute approximate surface area is 284 Å². The molecule has 3 N–H and O–H groups in total. The Morgan fingerprint density at radius 1 is 0.667 bits per heavy atom. The van der Waals surface area contributed by atoms with Crippen molar-refractivity contribution in [3.05, 3.63) is 144 Å². The van der Waals surface area contributed by atoms with Crippen molar-refractivity contribution in [2.24, 2.45) is 0 Å². The Hall–Kier alpha value is -5.80. The van der Waals surface area contributed by atoms with E-state index in [4.69, 9.17) is 9.47 Å². The van der Waals surface area contributed by atoms with Crippen molar-refractivity contribution >= 4 is 46.9 Å². The van der Waals surface area contributed by atoms with Crippen LogP contribution in [0.5, 0.6) is 11.5 Å². The summed E-state index contributed by atoms with van der Waals surface area (Å²) in [4.78, 5) is 40.3. The van der Waals surface area contributed by atoms with Crippen molar-refractivity contribution in [2.45, 2.75) is 17.1 Å². The van der Waals surface area contributed by atoms with E-state index in [0.29, 0.717) is 28.4 Å². The first-order valence-electron chi connectivity index (χ1n) is 15.2. The first kappa shape index (κ1) is 33.6. The third-order valence-corrected chi connectivity index (χ3v) is 8.38. The molecular formula is C39H35N3O5S. The molecule has 0 aliphatic carbocycles. The number of carbonyl (C=O) groups is 3. The first-order chi connectivity index (χ1) is 23.3. The number of amides is 3. The summed E-state index contributed by atoms with van der Waals surface area (Å²) in [7, 11) is 3.10. The van der Waals surface area contributed by atoms with Crippen LogP contribution in [0.1, 0.15) is 22.8 Å². The monoisotopic (exact) mass is 657 g/mol. The van der Waals surface area contributed by atoms with Crippen LogP contribution in [-0.2, 0) is 9.59 Å². The summed E-state index contributed by atoms with van der Waals surface area (Å²) in [5, 5.41) is 8.14. The Kier molecular flexibility index (Phi) is 11.3. The van der Waals surface area contributed by atoms with Crippen LogP contribution in [0.2, 0.25) is 0 Å².